The van der Waals surface area contributed by atoms with Gasteiger partial charge in [-0.05, 0) is 18.2 Å². The van der Waals surface area contributed by atoms with Crippen LogP contribution in [0.15, 0.2) is 24.5 Å². The lowest BCUT2D eigenvalue weighted by atomic mass is 10.2. The molecule has 7 nitrogen and oxygen atoms in total. The number of benzene rings is 1. The number of alkyl halides is 3. The van der Waals surface area contributed by atoms with Crippen molar-refractivity contribution in [1.29, 1.82) is 0 Å². The minimum absolute atomic E-state index is 0.0504. The summed E-state index contributed by atoms with van der Waals surface area (Å²) in [7, 11) is 1.42. The van der Waals surface area contributed by atoms with Gasteiger partial charge in [0.2, 0.25) is 11.6 Å². The third-order valence-corrected chi connectivity index (χ3v) is 3.11. The molecule has 0 aliphatic carbocycles. The Morgan fingerprint density at radius 2 is 1.91 bits per heavy atom. The number of hydrogen-bond acceptors (Lipinski definition) is 6. The van der Waals surface area contributed by atoms with Crippen LogP contribution in [0.4, 0.5) is 36.2 Å². The van der Waals surface area contributed by atoms with Gasteiger partial charge in [-0.1, -0.05) is 11.6 Å². The first-order valence-electron chi connectivity index (χ1n) is 6.05. The zero-order chi connectivity index (χ0) is 17.2. The van der Waals surface area contributed by atoms with Crippen molar-refractivity contribution in [1.82, 2.24) is 9.97 Å². The third kappa shape index (κ3) is 3.59. The van der Waals surface area contributed by atoms with Gasteiger partial charge in [-0.2, -0.15) is 13.2 Å². The van der Waals surface area contributed by atoms with Crippen molar-refractivity contribution in [3.63, 3.8) is 0 Å². The fraction of sp³-hybridized carbons (Fsp3) is 0.167. The van der Waals surface area contributed by atoms with E-state index >= 15 is 0 Å². The van der Waals surface area contributed by atoms with Gasteiger partial charge < -0.3 is 10.6 Å². The van der Waals surface area contributed by atoms with Gasteiger partial charge in [0.15, 0.2) is 0 Å². The number of nitro groups is 1. The van der Waals surface area contributed by atoms with Crippen molar-refractivity contribution in [2.24, 2.45) is 0 Å². The first kappa shape index (κ1) is 16.7. The molecule has 0 aliphatic heterocycles. The number of nitrogens with zero attached hydrogens (tertiary/aromatic N) is 3. The fourth-order valence-corrected chi connectivity index (χ4v) is 2.01. The number of rotatable bonds is 4. The molecule has 2 N–H and O–H groups in total. The molecule has 0 amide bonds. The number of nitrogens with one attached hydrogen (secondary N) is 2. The van der Waals surface area contributed by atoms with Crippen molar-refractivity contribution < 1.29 is 18.1 Å². The molecule has 0 bridgehead atoms. The minimum Gasteiger partial charge on any atom is -0.367 e. The maximum atomic E-state index is 12.8. The lowest BCUT2D eigenvalue weighted by Gasteiger charge is -2.12. The Balaban J connectivity index is 2.46. The summed E-state index contributed by atoms with van der Waals surface area (Å²) in [4.78, 5) is 17.8. The molecule has 0 aliphatic rings. The number of aromatic nitrogens is 2. The molecule has 0 fully saturated rings. The summed E-state index contributed by atoms with van der Waals surface area (Å²) in [6, 6.07) is 3.04. The van der Waals surface area contributed by atoms with Gasteiger partial charge in [-0.25, -0.2) is 9.97 Å². The highest BCUT2D eigenvalue weighted by atomic mass is 35.5. The van der Waals surface area contributed by atoms with E-state index in [1.54, 1.807) is 0 Å². The Hall–Kier alpha value is -2.62. The highest BCUT2D eigenvalue weighted by Gasteiger charge is 2.33. The van der Waals surface area contributed by atoms with E-state index in [2.05, 4.69) is 20.6 Å². The average Bonchev–Trinajstić information content (AvgIpc) is 2.47. The number of anilines is 3. The zero-order valence-corrected chi connectivity index (χ0v) is 12.2. The summed E-state index contributed by atoms with van der Waals surface area (Å²) in [5.41, 5.74) is -1.60. The van der Waals surface area contributed by atoms with E-state index in [0.717, 1.165) is 18.5 Å². The highest BCUT2D eigenvalue weighted by Crippen LogP contribution is 2.37. The summed E-state index contributed by atoms with van der Waals surface area (Å²) < 4.78 is 38.5. The molecule has 2 rings (SSSR count). The molecular weight excluding hydrogens is 339 g/mol. The van der Waals surface area contributed by atoms with E-state index in [9.17, 15) is 23.3 Å². The summed E-state index contributed by atoms with van der Waals surface area (Å²) >= 11 is 5.52. The second-order valence-corrected chi connectivity index (χ2v) is 4.65. The van der Waals surface area contributed by atoms with E-state index in [-0.39, 0.29) is 17.3 Å². The topological polar surface area (TPSA) is 93.0 Å². The normalized spacial score (nSPS) is 11.2. The maximum Gasteiger partial charge on any atom is 0.417 e. The molecule has 1 aromatic carbocycles. The van der Waals surface area contributed by atoms with Gasteiger partial charge in [0.05, 0.1) is 15.5 Å². The monoisotopic (exact) mass is 347 g/mol. The molecule has 0 spiro atoms. The van der Waals surface area contributed by atoms with E-state index in [1.807, 2.05) is 0 Å². The predicted molar refractivity (Wildman–Crippen MR) is 78.0 cm³/mol. The Bertz CT molecular complexity index is 754. The Kier molecular flexibility index (Phi) is 4.55. The number of halogens is 4. The van der Waals surface area contributed by atoms with Gasteiger partial charge in [-0.15, -0.1) is 0 Å². The van der Waals surface area contributed by atoms with Gasteiger partial charge in [0.25, 0.3) is 0 Å². The van der Waals surface area contributed by atoms with Crippen LogP contribution < -0.4 is 10.6 Å². The standard InChI is InChI=1S/C12H9ClF3N5O2/c1-17-10-9(21(22)23)11(19-5-18-10)20-6-2-3-8(13)7(4-6)12(14,15)16/h2-5H,1H3,(H2,17,18,19,20). The molecule has 23 heavy (non-hydrogen) atoms. The fourth-order valence-electron chi connectivity index (χ4n) is 1.78. The van der Waals surface area contributed by atoms with Crippen molar-refractivity contribution in [3.05, 3.63) is 45.2 Å². The minimum atomic E-state index is -4.65. The van der Waals surface area contributed by atoms with Crippen LogP contribution in [0.2, 0.25) is 5.02 Å². The smallest absolute Gasteiger partial charge is 0.367 e. The summed E-state index contributed by atoms with van der Waals surface area (Å²) in [5, 5.41) is 15.6. The van der Waals surface area contributed by atoms with Gasteiger partial charge in [-0.3, -0.25) is 10.1 Å². The van der Waals surface area contributed by atoms with Gasteiger partial charge in [0.1, 0.15) is 6.33 Å². The van der Waals surface area contributed by atoms with Gasteiger partial charge in [0, 0.05) is 12.7 Å². The van der Waals surface area contributed by atoms with Crippen LogP contribution in [0.5, 0.6) is 0 Å². The number of hydrogen-bond donors (Lipinski definition) is 2. The molecule has 2 aromatic rings. The van der Waals surface area contributed by atoms with Crippen LogP contribution >= 0.6 is 11.6 Å². The molecule has 0 saturated carbocycles. The van der Waals surface area contributed by atoms with E-state index in [1.165, 1.54) is 13.1 Å². The summed E-state index contributed by atoms with van der Waals surface area (Å²) in [5.74, 6) is -0.317. The van der Waals surface area contributed by atoms with Crippen LogP contribution in [0.25, 0.3) is 0 Å². The molecular formula is C12H9ClF3N5O2. The first-order chi connectivity index (χ1) is 10.7. The van der Waals surface area contributed by atoms with Crippen LogP contribution in [-0.4, -0.2) is 21.9 Å². The lowest BCUT2D eigenvalue weighted by molar-refractivity contribution is -0.383. The van der Waals surface area contributed by atoms with Gasteiger partial charge >= 0.3 is 11.9 Å². The Morgan fingerprint density at radius 3 is 2.48 bits per heavy atom. The molecule has 0 saturated heterocycles. The SMILES string of the molecule is CNc1ncnc(Nc2ccc(Cl)c(C(F)(F)F)c2)c1[N+](=O)[O-]. The average molecular weight is 348 g/mol. The molecule has 0 unspecified atom stereocenters. The Morgan fingerprint density at radius 1 is 1.26 bits per heavy atom. The first-order valence-corrected chi connectivity index (χ1v) is 6.42. The molecule has 1 heterocycles. The lowest BCUT2D eigenvalue weighted by Crippen LogP contribution is -2.08. The summed E-state index contributed by atoms with van der Waals surface area (Å²) in [6.45, 7) is 0. The highest BCUT2D eigenvalue weighted by molar-refractivity contribution is 6.31. The molecule has 0 radical (unpaired) electrons. The van der Waals surface area contributed by atoms with Crippen LogP contribution in [-0.2, 0) is 6.18 Å². The second-order valence-electron chi connectivity index (χ2n) is 4.24. The van der Waals surface area contributed by atoms with E-state index in [0.29, 0.717) is 0 Å². The largest absolute Gasteiger partial charge is 0.417 e. The summed E-state index contributed by atoms with van der Waals surface area (Å²) in [6.07, 6.45) is -3.61. The van der Waals surface area contributed by atoms with Crippen LogP contribution in [0, 0.1) is 10.1 Å². The second kappa shape index (κ2) is 6.24. The maximum absolute atomic E-state index is 12.8. The third-order valence-electron chi connectivity index (χ3n) is 2.78. The van der Waals surface area contributed by atoms with E-state index < -0.39 is 27.4 Å². The predicted octanol–water partition coefficient (Wildman–Crippen LogP) is 3.84. The molecule has 1 aromatic heterocycles. The van der Waals surface area contributed by atoms with Crippen molar-refractivity contribution >= 4 is 34.6 Å². The van der Waals surface area contributed by atoms with Crippen molar-refractivity contribution in [2.45, 2.75) is 6.18 Å². The van der Waals surface area contributed by atoms with E-state index in [4.69, 9.17) is 11.6 Å². The molecule has 0 atom stereocenters. The zero-order valence-electron chi connectivity index (χ0n) is 11.5. The molecule has 122 valence electrons. The Labute approximate surface area is 132 Å². The quantitative estimate of drug-likeness (QED) is 0.644. The molecule has 11 heteroatoms. The van der Waals surface area contributed by atoms with Crippen molar-refractivity contribution in [3.8, 4) is 0 Å². The van der Waals surface area contributed by atoms with Crippen molar-refractivity contribution in [2.75, 3.05) is 17.7 Å². The van der Waals surface area contributed by atoms with Crippen LogP contribution in [0.1, 0.15) is 5.56 Å². The van der Waals surface area contributed by atoms with Crippen LogP contribution in [0.3, 0.4) is 0 Å².